The van der Waals surface area contributed by atoms with Crippen molar-refractivity contribution in [1.82, 2.24) is 5.32 Å². The Bertz CT molecular complexity index is 854. The second-order valence-corrected chi connectivity index (χ2v) is 6.00. The first-order chi connectivity index (χ1) is 13.4. The molecule has 2 N–H and O–H groups in total. The number of esters is 1. The number of anilines is 1. The Morgan fingerprint density at radius 3 is 2.32 bits per heavy atom. The van der Waals surface area contributed by atoms with Crippen molar-refractivity contribution in [2.24, 2.45) is 0 Å². The van der Waals surface area contributed by atoms with Gasteiger partial charge in [-0.1, -0.05) is 11.6 Å². The molecule has 2 aromatic carbocycles. The fourth-order valence-corrected chi connectivity index (χ4v) is 2.15. The lowest BCUT2D eigenvalue weighted by molar-refractivity contribution is -0.150. The van der Waals surface area contributed by atoms with Crippen LogP contribution >= 0.6 is 11.6 Å². The maximum absolute atomic E-state index is 11.7. The minimum absolute atomic E-state index is 0.383. The molecule has 0 unspecified atom stereocenters. The Kier molecular flexibility index (Phi) is 7.65. The number of nitrogens with one attached hydrogen (secondary N) is 2. The van der Waals surface area contributed by atoms with Gasteiger partial charge in [0.15, 0.2) is 13.2 Å². The number of hydrogen-bond donors (Lipinski definition) is 2. The molecule has 0 saturated heterocycles. The van der Waals surface area contributed by atoms with Crippen LogP contribution < -0.4 is 20.1 Å². The maximum Gasteiger partial charge on any atom is 0.344 e. The highest BCUT2D eigenvalue weighted by Crippen LogP contribution is 2.21. The van der Waals surface area contributed by atoms with Gasteiger partial charge in [0.1, 0.15) is 11.5 Å². The number of methoxy groups -OCH3 is 1. The van der Waals surface area contributed by atoms with E-state index in [9.17, 15) is 14.4 Å². The summed E-state index contributed by atoms with van der Waals surface area (Å²) in [6.07, 6.45) is 0. The number of amides is 3. The van der Waals surface area contributed by atoms with Gasteiger partial charge in [0.05, 0.1) is 7.11 Å². The first kappa shape index (κ1) is 21.0. The molecule has 0 atom stereocenters. The number of carbonyl (C=O) groups excluding carboxylic acids is 3. The van der Waals surface area contributed by atoms with Crippen LogP contribution in [-0.4, -0.2) is 38.2 Å². The van der Waals surface area contributed by atoms with Gasteiger partial charge in [0.25, 0.3) is 5.91 Å². The molecule has 0 aliphatic heterocycles. The number of hydrogen-bond acceptors (Lipinski definition) is 6. The van der Waals surface area contributed by atoms with Crippen molar-refractivity contribution in [2.75, 3.05) is 25.6 Å². The van der Waals surface area contributed by atoms with E-state index in [0.29, 0.717) is 22.2 Å². The number of halogens is 1. The van der Waals surface area contributed by atoms with Gasteiger partial charge in [-0.15, -0.1) is 0 Å². The quantitative estimate of drug-likeness (QED) is 0.685. The predicted molar refractivity (Wildman–Crippen MR) is 103 cm³/mol. The van der Waals surface area contributed by atoms with Crippen LogP contribution in [0.2, 0.25) is 5.02 Å². The number of aryl methyl sites for hydroxylation is 1. The number of ether oxygens (including phenoxy) is 3. The van der Waals surface area contributed by atoms with Gasteiger partial charge < -0.3 is 19.5 Å². The second kappa shape index (κ2) is 10.2. The maximum atomic E-state index is 11.7. The van der Waals surface area contributed by atoms with Crippen LogP contribution in [0.5, 0.6) is 11.5 Å². The van der Waals surface area contributed by atoms with E-state index >= 15 is 0 Å². The summed E-state index contributed by atoms with van der Waals surface area (Å²) in [7, 11) is 1.52. The largest absolute Gasteiger partial charge is 0.497 e. The van der Waals surface area contributed by atoms with Gasteiger partial charge in [0, 0.05) is 10.7 Å². The molecule has 8 nitrogen and oxygen atoms in total. The van der Waals surface area contributed by atoms with Gasteiger partial charge >= 0.3 is 12.0 Å². The van der Waals surface area contributed by atoms with Crippen LogP contribution in [0, 0.1) is 6.92 Å². The topological polar surface area (TPSA) is 103 Å². The lowest BCUT2D eigenvalue weighted by atomic mass is 10.2. The molecule has 148 valence electrons. The normalized spacial score (nSPS) is 9.96. The molecule has 3 amide bonds. The SMILES string of the molecule is COc1ccc(NC(=O)NC(=O)COC(=O)COc2ccc(Cl)c(C)c2)cc1. The van der Waals surface area contributed by atoms with Crippen molar-refractivity contribution in [1.29, 1.82) is 0 Å². The monoisotopic (exact) mass is 406 g/mol. The van der Waals surface area contributed by atoms with Crippen molar-refractivity contribution < 1.29 is 28.6 Å². The number of urea groups is 1. The zero-order valence-corrected chi connectivity index (χ0v) is 16.0. The van der Waals surface area contributed by atoms with Gasteiger partial charge in [-0.25, -0.2) is 9.59 Å². The number of imide groups is 1. The van der Waals surface area contributed by atoms with Gasteiger partial charge in [-0.05, 0) is 55.0 Å². The van der Waals surface area contributed by atoms with Crippen molar-refractivity contribution in [3.05, 3.63) is 53.1 Å². The Hall–Kier alpha value is -3.26. The Morgan fingerprint density at radius 1 is 1.00 bits per heavy atom. The first-order valence-electron chi connectivity index (χ1n) is 8.17. The van der Waals surface area contributed by atoms with Crippen LogP contribution in [0.4, 0.5) is 10.5 Å². The second-order valence-electron chi connectivity index (χ2n) is 5.59. The van der Waals surface area contributed by atoms with E-state index in [1.165, 1.54) is 7.11 Å². The van der Waals surface area contributed by atoms with Crippen LogP contribution in [-0.2, 0) is 14.3 Å². The molecule has 0 spiro atoms. The van der Waals surface area contributed by atoms with E-state index in [4.69, 9.17) is 25.8 Å². The molecule has 2 aromatic rings. The minimum atomic E-state index is -0.776. The number of benzene rings is 2. The third kappa shape index (κ3) is 6.81. The van der Waals surface area contributed by atoms with Crippen molar-refractivity contribution in [2.45, 2.75) is 6.92 Å². The molecule has 0 radical (unpaired) electrons. The third-order valence-corrected chi connectivity index (χ3v) is 3.88. The Labute approximate surface area is 166 Å². The molecule has 2 rings (SSSR count). The average molecular weight is 407 g/mol. The van der Waals surface area contributed by atoms with Gasteiger partial charge in [0.2, 0.25) is 0 Å². The first-order valence-corrected chi connectivity index (χ1v) is 8.54. The summed E-state index contributed by atoms with van der Waals surface area (Å²) in [5.41, 5.74) is 1.27. The summed E-state index contributed by atoms with van der Waals surface area (Å²) in [6.45, 7) is 0.805. The average Bonchev–Trinajstić information content (AvgIpc) is 2.67. The van der Waals surface area contributed by atoms with E-state index in [-0.39, 0.29) is 6.61 Å². The molecule has 0 aromatic heterocycles. The molecular weight excluding hydrogens is 388 g/mol. The van der Waals surface area contributed by atoms with Crippen LogP contribution in [0.25, 0.3) is 0 Å². The molecule has 0 fully saturated rings. The summed E-state index contributed by atoms with van der Waals surface area (Å²) in [5.74, 6) is -0.452. The predicted octanol–water partition coefficient (Wildman–Crippen LogP) is 2.93. The summed E-state index contributed by atoms with van der Waals surface area (Å²) in [6, 6.07) is 10.7. The Balaban J connectivity index is 1.69. The lowest BCUT2D eigenvalue weighted by Gasteiger charge is -2.09. The van der Waals surface area contributed by atoms with Crippen LogP contribution in [0.3, 0.4) is 0 Å². The molecule has 0 aliphatic rings. The smallest absolute Gasteiger partial charge is 0.344 e. The molecule has 0 bridgehead atoms. The van der Waals surface area contributed by atoms with Gasteiger partial charge in [-0.2, -0.15) is 0 Å². The highest BCUT2D eigenvalue weighted by Gasteiger charge is 2.12. The van der Waals surface area contributed by atoms with Gasteiger partial charge in [-0.3, -0.25) is 10.1 Å². The minimum Gasteiger partial charge on any atom is -0.497 e. The molecule has 9 heteroatoms. The van der Waals surface area contributed by atoms with Crippen molar-refractivity contribution >= 4 is 35.2 Å². The van der Waals surface area contributed by atoms with E-state index < -0.39 is 24.5 Å². The highest BCUT2D eigenvalue weighted by molar-refractivity contribution is 6.31. The van der Waals surface area contributed by atoms with E-state index in [2.05, 4.69) is 5.32 Å². The molecule has 28 heavy (non-hydrogen) atoms. The lowest BCUT2D eigenvalue weighted by Crippen LogP contribution is -2.37. The van der Waals surface area contributed by atoms with E-state index in [1.54, 1.807) is 49.4 Å². The highest BCUT2D eigenvalue weighted by atomic mass is 35.5. The fraction of sp³-hybridized carbons (Fsp3) is 0.211. The van der Waals surface area contributed by atoms with E-state index in [1.807, 2.05) is 5.32 Å². The standard InChI is InChI=1S/C19H19ClN2O6/c1-12-9-15(7-8-16(12)20)27-11-18(24)28-10-17(23)22-19(25)21-13-3-5-14(26-2)6-4-13/h3-9H,10-11H2,1-2H3,(H2,21,22,23,25). The summed E-state index contributed by atoms with van der Waals surface area (Å²) in [4.78, 5) is 35.1. The Morgan fingerprint density at radius 2 is 1.68 bits per heavy atom. The molecule has 0 saturated carbocycles. The van der Waals surface area contributed by atoms with Crippen molar-refractivity contribution in [3.8, 4) is 11.5 Å². The number of rotatable bonds is 7. The summed E-state index contributed by atoms with van der Waals surface area (Å²) >= 11 is 5.90. The molecule has 0 aliphatic carbocycles. The zero-order valence-electron chi connectivity index (χ0n) is 15.3. The summed E-state index contributed by atoms with van der Waals surface area (Å²) < 4.78 is 15.0. The van der Waals surface area contributed by atoms with Crippen LogP contribution in [0.1, 0.15) is 5.56 Å². The molecular formula is C19H19ClN2O6. The zero-order chi connectivity index (χ0) is 20.5. The number of carbonyl (C=O) groups is 3. The van der Waals surface area contributed by atoms with Crippen LogP contribution in [0.15, 0.2) is 42.5 Å². The fourth-order valence-electron chi connectivity index (χ4n) is 2.04. The molecule has 0 heterocycles. The van der Waals surface area contributed by atoms with Crippen molar-refractivity contribution in [3.63, 3.8) is 0 Å². The van der Waals surface area contributed by atoms with E-state index in [0.717, 1.165) is 5.56 Å². The summed E-state index contributed by atoms with van der Waals surface area (Å²) in [5, 5.41) is 5.10. The third-order valence-electron chi connectivity index (χ3n) is 3.45.